The molecule has 0 radical (unpaired) electrons. The number of ether oxygens (including phenoxy) is 4. The van der Waals surface area contributed by atoms with Crippen LogP contribution in [0.3, 0.4) is 0 Å². The summed E-state index contributed by atoms with van der Waals surface area (Å²) in [6.07, 6.45) is 1.51. The lowest BCUT2D eigenvalue weighted by Gasteiger charge is -2.09. The number of hydrogen-bond acceptors (Lipinski definition) is 6. The van der Waals surface area contributed by atoms with E-state index in [2.05, 4.69) is 26.5 Å². The minimum atomic E-state index is -0.355. The van der Waals surface area contributed by atoms with E-state index in [-0.39, 0.29) is 12.7 Å². The van der Waals surface area contributed by atoms with Gasteiger partial charge in [-0.25, -0.2) is 5.43 Å². The van der Waals surface area contributed by atoms with Crippen LogP contribution in [0.4, 0.5) is 0 Å². The van der Waals surface area contributed by atoms with Gasteiger partial charge in [-0.05, 0) is 46.3 Å². The standard InChI is InChI=1S/C17H15BrN2O5/c1-22-14-6-11(12(18)7-15(14)23-2)8-19-20-17(21)10-3-4-13-16(5-10)25-9-24-13/h3-8H,9H2,1-2H3,(H,20,21)/b19-8-. The Morgan fingerprint density at radius 1 is 1.16 bits per heavy atom. The first-order valence-corrected chi connectivity index (χ1v) is 8.06. The maximum absolute atomic E-state index is 12.2. The molecule has 0 saturated carbocycles. The van der Waals surface area contributed by atoms with Crippen molar-refractivity contribution in [3.05, 3.63) is 45.9 Å². The van der Waals surface area contributed by atoms with E-state index in [9.17, 15) is 4.79 Å². The zero-order valence-electron chi connectivity index (χ0n) is 13.5. The summed E-state index contributed by atoms with van der Waals surface area (Å²) in [4.78, 5) is 12.2. The summed E-state index contributed by atoms with van der Waals surface area (Å²) >= 11 is 3.43. The van der Waals surface area contributed by atoms with Gasteiger partial charge in [-0.3, -0.25) is 4.79 Å². The summed E-state index contributed by atoms with van der Waals surface area (Å²) in [6.45, 7) is 0.159. The van der Waals surface area contributed by atoms with Gasteiger partial charge in [0.05, 0.1) is 20.4 Å². The maximum Gasteiger partial charge on any atom is 0.271 e. The Morgan fingerprint density at radius 2 is 1.88 bits per heavy atom. The minimum absolute atomic E-state index is 0.159. The number of hydrogen-bond donors (Lipinski definition) is 1. The topological polar surface area (TPSA) is 78.4 Å². The number of nitrogens with zero attached hydrogens (tertiary/aromatic N) is 1. The molecule has 0 aliphatic carbocycles. The fraction of sp³-hybridized carbons (Fsp3) is 0.176. The van der Waals surface area contributed by atoms with Gasteiger partial charge >= 0.3 is 0 Å². The summed E-state index contributed by atoms with van der Waals surface area (Å²) in [5.41, 5.74) is 3.62. The molecule has 0 unspecified atom stereocenters. The van der Waals surface area contributed by atoms with Crippen molar-refractivity contribution in [2.45, 2.75) is 0 Å². The SMILES string of the molecule is COc1cc(Br)c(/C=N\NC(=O)c2ccc3c(c2)OCO3)cc1OC. The average molecular weight is 407 g/mol. The third kappa shape index (κ3) is 3.69. The molecule has 1 N–H and O–H groups in total. The molecule has 0 saturated heterocycles. The van der Waals surface area contributed by atoms with E-state index in [1.165, 1.54) is 6.21 Å². The van der Waals surface area contributed by atoms with Gasteiger partial charge in [0.2, 0.25) is 6.79 Å². The quantitative estimate of drug-likeness (QED) is 0.609. The highest BCUT2D eigenvalue weighted by atomic mass is 79.9. The Morgan fingerprint density at radius 3 is 2.64 bits per heavy atom. The highest BCUT2D eigenvalue weighted by Gasteiger charge is 2.16. The van der Waals surface area contributed by atoms with Crippen molar-refractivity contribution in [3.8, 4) is 23.0 Å². The lowest BCUT2D eigenvalue weighted by molar-refractivity contribution is 0.0954. The first-order valence-electron chi connectivity index (χ1n) is 7.27. The molecule has 0 bridgehead atoms. The van der Waals surface area contributed by atoms with Crippen LogP contribution in [-0.4, -0.2) is 33.1 Å². The fourth-order valence-corrected chi connectivity index (χ4v) is 2.66. The Hall–Kier alpha value is -2.74. The Balaban J connectivity index is 1.71. The summed E-state index contributed by atoms with van der Waals surface area (Å²) in [5.74, 6) is 1.96. The molecule has 130 valence electrons. The van der Waals surface area contributed by atoms with Crippen LogP contribution in [0.1, 0.15) is 15.9 Å². The third-order valence-corrected chi connectivity index (χ3v) is 4.19. The van der Waals surface area contributed by atoms with Crippen molar-refractivity contribution in [1.82, 2.24) is 5.43 Å². The highest BCUT2D eigenvalue weighted by Crippen LogP contribution is 2.33. The Kier molecular flexibility index (Phi) is 5.08. The average Bonchev–Trinajstić information content (AvgIpc) is 3.10. The number of hydrazone groups is 1. The highest BCUT2D eigenvalue weighted by molar-refractivity contribution is 9.10. The predicted octanol–water partition coefficient (Wildman–Crippen LogP) is 2.96. The van der Waals surface area contributed by atoms with Crippen molar-refractivity contribution < 1.29 is 23.7 Å². The number of rotatable bonds is 5. The van der Waals surface area contributed by atoms with Gasteiger partial charge in [-0.1, -0.05) is 0 Å². The minimum Gasteiger partial charge on any atom is -0.493 e. The Bertz CT molecular complexity index is 838. The second-order valence-electron chi connectivity index (χ2n) is 5.00. The molecule has 0 atom stereocenters. The molecule has 1 aliphatic heterocycles. The molecular weight excluding hydrogens is 392 g/mol. The number of benzene rings is 2. The van der Waals surface area contributed by atoms with Gasteiger partial charge in [0.25, 0.3) is 5.91 Å². The van der Waals surface area contributed by atoms with E-state index >= 15 is 0 Å². The van der Waals surface area contributed by atoms with Crippen LogP contribution in [0.2, 0.25) is 0 Å². The monoisotopic (exact) mass is 406 g/mol. The number of carbonyl (C=O) groups excluding carboxylic acids is 1. The third-order valence-electron chi connectivity index (χ3n) is 3.51. The zero-order valence-corrected chi connectivity index (χ0v) is 15.1. The van der Waals surface area contributed by atoms with Gasteiger partial charge in [-0.15, -0.1) is 0 Å². The summed E-state index contributed by atoms with van der Waals surface area (Å²) in [7, 11) is 3.11. The van der Waals surface area contributed by atoms with Crippen LogP contribution in [0.25, 0.3) is 0 Å². The van der Waals surface area contributed by atoms with E-state index in [1.54, 1.807) is 44.6 Å². The van der Waals surface area contributed by atoms with Gasteiger partial charge in [-0.2, -0.15) is 5.10 Å². The zero-order chi connectivity index (χ0) is 17.8. The van der Waals surface area contributed by atoms with E-state index in [1.807, 2.05) is 0 Å². The number of carbonyl (C=O) groups is 1. The molecular formula is C17H15BrN2O5. The van der Waals surface area contributed by atoms with Gasteiger partial charge in [0.15, 0.2) is 23.0 Å². The van der Waals surface area contributed by atoms with Crippen molar-refractivity contribution in [3.63, 3.8) is 0 Å². The molecule has 0 spiro atoms. The second-order valence-corrected chi connectivity index (χ2v) is 5.85. The number of amides is 1. The summed E-state index contributed by atoms with van der Waals surface area (Å²) in [6, 6.07) is 8.45. The molecule has 2 aromatic carbocycles. The molecule has 0 aromatic heterocycles. The molecule has 25 heavy (non-hydrogen) atoms. The van der Waals surface area contributed by atoms with Crippen molar-refractivity contribution >= 4 is 28.1 Å². The molecule has 1 aliphatic rings. The lowest BCUT2D eigenvalue weighted by Crippen LogP contribution is -2.17. The van der Waals surface area contributed by atoms with Crippen LogP contribution < -0.4 is 24.4 Å². The van der Waals surface area contributed by atoms with E-state index in [0.29, 0.717) is 28.6 Å². The molecule has 1 heterocycles. The molecule has 8 heteroatoms. The number of fused-ring (bicyclic) bond motifs is 1. The summed E-state index contributed by atoms with van der Waals surface area (Å²) in [5, 5.41) is 3.98. The van der Waals surface area contributed by atoms with Crippen LogP contribution in [0.5, 0.6) is 23.0 Å². The second kappa shape index (κ2) is 7.43. The summed E-state index contributed by atoms with van der Waals surface area (Å²) < 4.78 is 21.7. The Labute approximate surface area is 152 Å². The van der Waals surface area contributed by atoms with Gasteiger partial charge in [0.1, 0.15) is 0 Å². The molecule has 7 nitrogen and oxygen atoms in total. The van der Waals surface area contributed by atoms with Gasteiger partial charge in [0, 0.05) is 15.6 Å². The van der Waals surface area contributed by atoms with Crippen LogP contribution in [0.15, 0.2) is 39.9 Å². The maximum atomic E-state index is 12.2. The van der Waals surface area contributed by atoms with E-state index in [4.69, 9.17) is 18.9 Å². The largest absolute Gasteiger partial charge is 0.493 e. The van der Waals surface area contributed by atoms with Crippen molar-refractivity contribution in [2.24, 2.45) is 5.10 Å². The van der Waals surface area contributed by atoms with Crippen LogP contribution in [0, 0.1) is 0 Å². The predicted molar refractivity (Wildman–Crippen MR) is 94.9 cm³/mol. The van der Waals surface area contributed by atoms with E-state index < -0.39 is 0 Å². The van der Waals surface area contributed by atoms with Crippen LogP contribution in [-0.2, 0) is 0 Å². The molecule has 3 rings (SSSR count). The fourth-order valence-electron chi connectivity index (χ4n) is 2.23. The number of halogens is 1. The normalized spacial score (nSPS) is 12.3. The molecule has 2 aromatic rings. The van der Waals surface area contributed by atoms with Crippen LogP contribution >= 0.6 is 15.9 Å². The molecule has 1 amide bonds. The van der Waals surface area contributed by atoms with Gasteiger partial charge < -0.3 is 18.9 Å². The smallest absolute Gasteiger partial charge is 0.271 e. The molecule has 0 fully saturated rings. The first-order chi connectivity index (χ1) is 12.1. The van der Waals surface area contributed by atoms with E-state index in [0.717, 1.165) is 10.0 Å². The number of nitrogens with one attached hydrogen (secondary N) is 1. The van der Waals surface area contributed by atoms with Crippen molar-refractivity contribution in [2.75, 3.05) is 21.0 Å². The van der Waals surface area contributed by atoms with Crippen molar-refractivity contribution in [1.29, 1.82) is 0 Å². The lowest BCUT2D eigenvalue weighted by atomic mass is 10.2. The number of methoxy groups -OCH3 is 2. The first kappa shape index (κ1) is 17.1.